The largest absolute Gasteiger partial charge is 0.445 e. The highest BCUT2D eigenvalue weighted by Crippen LogP contribution is 2.14. The standard InChI is InChI=1S/C21H24N4O8/c1-2-10-32-21(31)23-12-16(26)22-13-17(27)24-15(11-14-6-4-3-5-7-14)20(30)33-25-18(28)8-9-19(25)29/h2-7,15H,1,8-13H2,(H,22,26)(H,23,31)(H,24,27)/t15-/m0/s1. The number of hydrogen-bond donors (Lipinski definition) is 3. The molecule has 1 atom stereocenters. The number of carbonyl (C=O) groups excluding carboxylic acids is 6. The van der Waals surface area contributed by atoms with E-state index < -0.39 is 54.8 Å². The molecule has 3 N–H and O–H groups in total. The van der Waals surface area contributed by atoms with Crippen LogP contribution in [0.3, 0.4) is 0 Å². The predicted octanol–water partition coefficient (Wildman–Crippen LogP) is -0.650. The van der Waals surface area contributed by atoms with E-state index in [0.717, 1.165) is 0 Å². The van der Waals surface area contributed by atoms with Crippen molar-refractivity contribution in [1.29, 1.82) is 0 Å². The topological polar surface area (TPSA) is 160 Å². The number of carbonyl (C=O) groups is 6. The molecular weight excluding hydrogens is 436 g/mol. The van der Waals surface area contributed by atoms with Crippen LogP contribution in [0.25, 0.3) is 0 Å². The van der Waals surface area contributed by atoms with E-state index in [9.17, 15) is 28.8 Å². The highest BCUT2D eigenvalue weighted by molar-refractivity contribution is 6.02. The van der Waals surface area contributed by atoms with E-state index in [-0.39, 0.29) is 25.9 Å². The first-order valence-corrected chi connectivity index (χ1v) is 9.99. The molecule has 0 bridgehead atoms. The number of imide groups is 1. The monoisotopic (exact) mass is 460 g/mol. The van der Waals surface area contributed by atoms with Crippen LogP contribution in [0, 0.1) is 0 Å². The lowest BCUT2D eigenvalue weighted by Gasteiger charge is -2.20. The smallest absolute Gasteiger partial charge is 0.407 e. The van der Waals surface area contributed by atoms with Crippen molar-refractivity contribution in [3.05, 3.63) is 48.6 Å². The van der Waals surface area contributed by atoms with Gasteiger partial charge in [0.05, 0.1) is 6.54 Å². The summed E-state index contributed by atoms with van der Waals surface area (Å²) in [5, 5.41) is 7.27. The Hall–Kier alpha value is -4.22. The van der Waals surface area contributed by atoms with Gasteiger partial charge in [-0.15, -0.1) is 5.06 Å². The zero-order chi connectivity index (χ0) is 24.2. The van der Waals surface area contributed by atoms with Gasteiger partial charge in [0.15, 0.2) is 0 Å². The molecule has 1 saturated heterocycles. The lowest BCUT2D eigenvalue weighted by Crippen LogP contribution is -2.50. The Kier molecular flexibility index (Phi) is 9.55. The van der Waals surface area contributed by atoms with Gasteiger partial charge < -0.3 is 25.5 Å². The first-order valence-electron chi connectivity index (χ1n) is 9.99. The molecule has 0 radical (unpaired) electrons. The maximum atomic E-state index is 12.6. The van der Waals surface area contributed by atoms with Crippen molar-refractivity contribution in [2.75, 3.05) is 19.7 Å². The van der Waals surface area contributed by atoms with Crippen molar-refractivity contribution in [3.63, 3.8) is 0 Å². The Morgan fingerprint density at radius 3 is 2.27 bits per heavy atom. The quantitative estimate of drug-likeness (QED) is 0.290. The van der Waals surface area contributed by atoms with Gasteiger partial charge in [0.2, 0.25) is 11.8 Å². The van der Waals surface area contributed by atoms with Gasteiger partial charge in [-0.05, 0) is 5.56 Å². The molecule has 176 valence electrons. The van der Waals surface area contributed by atoms with Crippen LogP contribution in [0.4, 0.5) is 4.79 Å². The second kappa shape index (κ2) is 12.6. The molecule has 0 aromatic heterocycles. The Bertz CT molecular complexity index is 902. The molecule has 2 rings (SSSR count). The van der Waals surface area contributed by atoms with Crippen molar-refractivity contribution < 1.29 is 38.3 Å². The third-order valence-corrected chi connectivity index (χ3v) is 4.26. The molecule has 1 aliphatic heterocycles. The fourth-order valence-corrected chi connectivity index (χ4v) is 2.68. The molecule has 1 aromatic carbocycles. The molecule has 1 fully saturated rings. The van der Waals surface area contributed by atoms with E-state index in [1.807, 2.05) is 0 Å². The maximum absolute atomic E-state index is 12.6. The minimum Gasteiger partial charge on any atom is -0.445 e. The van der Waals surface area contributed by atoms with E-state index in [1.54, 1.807) is 30.3 Å². The number of nitrogens with zero attached hydrogens (tertiary/aromatic N) is 1. The summed E-state index contributed by atoms with van der Waals surface area (Å²) in [6.45, 7) is 2.42. The van der Waals surface area contributed by atoms with E-state index in [1.165, 1.54) is 6.08 Å². The van der Waals surface area contributed by atoms with Crippen LogP contribution >= 0.6 is 0 Å². The summed E-state index contributed by atoms with van der Waals surface area (Å²) in [6, 6.07) is 7.45. The van der Waals surface area contributed by atoms with Gasteiger partial charge in [0.1, 0.15) is 19.2 Å². The van der Waals surface area contributed by atoms with Crippen LogP contribution in [-0.4, -0.2) is 66.5 Å². The van der Waals surface area contributed by atoms with Gasteiger partial charge in [-0.25, -0.2) is 9.59 Å². The first-order chi connectivity index (χ1) is 15.8. The zero-order valence-electron chi connectivity index (χ0n) is 17.7. The SMILES string of the molecule is C=CCOC(=O)NCC(=O)NCC(=O)N[C@@H](Cc1ccccc1)C(=O)ON1C(=O)CCC1=O. The molecule has 0 aliphatic carbocycles. The fourth-order valence-electron chi connectivity index (χ4n) is 2.68. The van der Waals surface area contributed by atoms with Crippen molar-refractivity contribution in [1.82, 2.24) is 21.0 Å². The number of benzene rings is 1. The summed E-state index contributed by atoms with van der Waals surface area (Å²) in [6.07, 6.45) is 0.417. The fraction of sp³-hybridized carbons (Fsp3) is 0.333. The summed E-state index contributed by atoms with van der Waals surface area (Å²) in [5.74, 6) is -3.70. The Labute approximate surface area is 189 Å². The summed E-state index contributed by atoms with van der Waals surface area (Å²) in [5.41, 5.74) is 0.685. The molecule has 0 unspecified atom stereocenters. The van der Waals surface area contributed by atoms with Crippen LogP contribution < -0.4 is 16.0 Å². The van der Waals surface area contributed by atoms with Crippen molar-refractivity contribution in [3.8, 4) is 0 Å². The van der Waals surface area contributed by atoms with Gasteiger partial charge in [-0.2, -0.15) is 0 Å². The van der Waals surface area contributed by atoms with Crippen LogP contribution in [0.2, 0.25) is 0 Å². The third-order valence-electron chi connectivity index (χ3n) is 4.26. The highest BCUT2D eigenvalue weighted by Gasteiger charge is 2.35. The van der Waals surface area contributed by atoms with E-state index in [2.05, 4.69) is 27.3 Å². The summed E-state index contributed by atoms with van der Waals surface area (Å²) in [7, 11) is 0. The summed E-state index contributed by atoms with van der Waals surface area (Å²) >= 11 is 0. The van der Waals surface area contributed by atoms with E-state index >= 15 is 0 Å². The summed E-state index contributed by atoms with van der Waals surface area (Å²) < 4.78 is 4.64. The molecule has 5 amide bonds. The average Bonchev–Trinajstić information content (AvgIpc) is 3.12. The van der Waals surface area contributed by atoms with Crippen LogP contribution in [0.1, 0.15) is 18.4 Å². The predicted molar refractivity (Wildman–Crippen MR) is 112 cm³/mol. The van der Waals surface area contributed by atoms with Crippen molar-refractivity contribution in [2.45, 2.75) is 25.3 Å². The second-order valence-corrected chi connectivity index (χ2v) is 6.82. The van der Waals surface area contributed by atoms with Gasteiger partial charge >= 0.3 is 12.1 Å². The van der Waals surface area contributed by atoms with Gasteiger partial charge in [-0.1, -0.05) is 43.0 Å². The highest BCUT2D eigenvalue weighted by atomic mass is 16.7. The number of hydrogen-bond acceptors (Lipinski definition) is 8. The number of hydroxylamine groups is 2. The molecule has 12 heteroatoms. The maximum Gasteiger partial charge on any atom is 0.407 e. The number of alkyl carbamates (subject to hydrolysis) is 1. The molecular formula is C21H24N4O8. The average molecular weight is 460 g/mol. The van der Waals surface area contributed by atoms with Crippen LogP contribution in [0.5, 0.6) is 0 Å². The van der Waals surface area contributed by atoms with Crippen molar-refractivity contribution in [2.24, 2.45) is 0 Å². The second-order valence-electron chi connectivity index (χ2n) is 6.82. The molecule has 1 aromatic rings. The minimum atomic E-state index is -1.23. The van der Waals surface area contributed by atoms with Crippen LogP contribution in [0.15, 0.2) is 43.0 Å². The van der Waals surface area contributed by atoms with Gasteiger partial charge in [-0.3, -0.25) is 19.2 Å². The number of amides is 5. The minimum absolute atomic E-state index is 0.0201. The lowest BCUT2D eigenvalue weighted by atomic mass is 10.1. The molecule has 1 heterocycles. The van der Waals surface area contributed by atoms with E-state index in [4.69, 9.17) is 4.84 Å². The van der Waals surface area contributed by atoms with E-state index in [0.29, 0.717) is 10.6 Å². The number of nitrogens with one attached hydrogen (secondary N) is 3. The third kappa shape index (κ3) is 8.44. The van der Waals surface area contributed by atoms with Crippen molar-refractivity contribution >= 4 is 35.7 Å². The normalized spacial score (nSPS) is 13.6. The first kappa shape index (κ1) is 25.0. The molecule has 12 nitrogen and oxygen atoms in total. The summed E-state index contributed by atoms with van der Waals surface area (Å²) in [4.78, 5) is 76.3. The Morgan fingerprint density at radius 1 is 1.00 bits per heavy atom. The molecule has 33 heavy (non-hydrogen) atoms. The molecule has 0 spiro atoms. The lowest BCUT2D eigenvalue weighted by molar-refractivity contribution is -0.199. The van der Waals surface area contributed by atoms with Gasteiger partial charge in [0.25, 0.3) is 11.8 Å². The Balaban J connectivity index is 1.91. The number of rotatable bonds is 11. The molecule has 0 saturated carbocycles. The van der Waals surface area contributed by atoms with Crippen LogP contribution in [-0.2, 0) is 40.0 Å². The molecule has 1 aliphatic rings. The Morgan fingerprint density at radius 2 is 1.64 bits per heavy atom. The number of ether oxygens (including phenoxy) is 1. The van der Waals surface area contributed by atoms with Gasteiger partial charge in [0, 0.05) is 19.3 Å². The zero-order valence-corrected chi connectivity index (χ0v) is 17.7.